The van der Waals surface area contributed by atoms with Crippen LogP contribution in [0, 0.1) is 5.92 Å². The van der Waals surface area contributed by atoms with Crippen molar-refractivity contribution in [2.45, 2.75) is 57.9 Å². The van der Waals surface area contributed by atoms with Crippen molar-refractivity contribution in [1.82, 2.24) is 10.2 Å². The van der Waals surface area contributed by atoms with E-state index in [1.54, 1.807) is 0 Å². The van der Waals surface area contributed by atoms with E-state index in [4.69, 9.17) is 0 Å². The van der Waals surface area contributed by atoms with Gasteiger partial charge in [0, 0.05) is 6.04 Å². The monoisotopic (exact) mass is 224 g/mol. The molecule has 2 atom stereocenters. The van der Waals surface area contributed by atoms with Gasteiger partial charge in [-0.2, -0.15) is 0 Å². The van der Waals surface area contributed by atoms with E-state index in [1.807, 2.05) is 0 Å². The number of hydrogen-bond acceptors (Lipinski definition) is 2. The zero-order valence-electron chi connectivity index (χ0n) is 10.9. The molecule has 2 fully saturated rings. The molecule has 94 valence electrons. The Kier molecular flexibility index (Phi) is 5.11. The van der Waals surface area contributed by atoms with Gasteiger partial charge in [-0.05, 0) is 70.6 Å². The van der Waals surface area contributed by atoms with Crippen LogP contribution in [0.2, 0.25) is 0 Å². The van der Waals surface area contributed by atoms with Crippen LogP contribution in [0.3, 0.4) is 0 Å². The van der Waals surface area contributed by atoms with Gasteiger partial charge in [-0.1, -0.05) is 13.3 Å². The fourth-order valence-corrected chi connectivity index (χ4v) is 3.05. The maximum absolute atomic E-state index is 3.66. The summed E-state index contributed by atoms with van der Waals surface area (Å²) >= 11 is 0. The molecular weight excluding hydrogens is 196 g/mol. The molecule has 1 N–H and O–H groups in total. The summed E-state index contributed by atoms with van der Waals surface area (Å²) in [5.41, 5.74) is 0. The van der Waals surface area contributed by atoms with Crippen LogP contribution in [0.4, 0.5) is 0 Å². The van der Waals surface area contributed by atoms with Crippen LogP contribution < -0.4 is 5.32 Å². The van der Waals surface area contributed by atoms with Crippen LogP contribution in [0.15, 0.2) is 0 Å². The molecule has 0 bridgehead atoms. The number of rotatable bonds is 3. The van der Waals surface area contributed by atoms with Gasteiger partial charge in [0.1, 0.15) is 0 Å². The SMILES string of the molecule is CC1CCCN(CCC2CCCCN2)CC1. The molecule has 0 aromatic rings. The van der Waals surface area contributed by atoms with E-state index < -0.39 is 0 Å². The molecule has 0 radical (unpaired) electrons. The Morgan fingerprint density at radius 3 is 2.81 bits per heavy atom. The van der Waals surface area contributed by atoms with Gasteiger partial charge in [0.25, 0.3) is 0 Å². The fourth-order valence-electron chi connectivity index (χ4n) is 3.05. The number of nitrogens with one attached hydrogen (secondary N) is 1. The van der Waals surface area contributed by atoms with Crippen molar-refractivity contribution in [2.75, 3.05) is 26.2 Å². The molecule has 2 rings (SSSR count). The lowest BCUT2D eigenvalue weighted by molar-refractivity contribution is 0.252. The largest absolute Gasteiger partial charge is 0.314 e. The summed E-state index contributed by atoms with van der Waals surface area (Å²) in [4.78, 5) is 2.69. The van der Waals surface area contributed by atoms with Crippen molar-refractivity contribution < 1.29 is 0 Å². The van der Waals surface area contributed by atoms with Crippen LogP contribution in [0.25, 0.3) is 0 Å². The van der Waals surface area contributed by atoms with Gasteiger partial charge in [0.05, 0.1) is 0 Å². The lowest BCUT2D eigenvalue weighted by Gasteiger charge is -2.27. The van der Waals surface area contributed by atoms with Crippen LogP contribution >= 0.6 is 0 Å². The van der Waals surface area contributed by atoms with Crippen molar-refractivity contribution in [1.29, 1.82) is 0 Å². The van der Waals surface area contributed by atoms with Crippen LogP contribution in [-0.2, 0) is 0 Å². The highest BCUT2D eigenvalue weighted by atomic mass is 15.1. The summed E-state index contributed by atoms with van der Waals surface area (Å²) in [5.74, 6) is 0.956. The molecular formula is C14H28N2. The standard InChI is InChI=1S/C14H28N2/c1-13-5-4-10-16(11-7-13)12-8-14-6-2-3-9-15-14/h13-15H,2-12H2,1H3. The zero-order valence-corrected chi connectivity index (χ0v) is 10.9. The summed E-state index contributed by atoms with van der Waals surface area (Å²) in [7, 11) is 0. The molecule has 0 spiro atoms. The Morgan fingerprint density at radius 2 is 2.00 bits per heavy atom. The second-order valence-electron chi connectivity index (χ2n) is 5.81. The van der Waals surface area contributed by atoms with E-state index in [-0.39, 0.29) is 0 Å². The van der Waals surface area contributed by atoms with E-state index in [0.717, 1.165) is 12.0 Å². The highest BCUT2D eigenvalue weighted by Gasteiger charge is 2.16. The Hall–Kier alpha value is -0.0800. The minimum atomic E-state index is 0.814. The molecule has 0 aromatic carbocycles. The summed E-state index contributed by atoms with van der Waals surface area (Å²) in [6.45, 7) is 7.67. The average molecular weight is 224 g/mol. The minimum absolute atomic E-state index is 0.814. The summed E-state index contributed by atoms with van der Waals surface area (Å²) in [5, 5.41) is 3.66. The second kappa shape index (κ2) is 6.61. The third-order valence-corrected chi connectivity index (χ3v) is 4.32. The molecule has 2 heterocycles. The van der Waals surface area contributed by atoms with E-state index >= 15 is 0 Å². The Bertz CT molecular complexity index is 187. The van der Waals surface area contributed by atoms with Crippen LogP contribution in [0.5, 0.6) is 0 Å². The molecule has 2 saturated heterocycles. The van der Waals surface area contributed by atoms with Gasteiger partial charge >= 0.3 is 0 Å². The summed E-state index contributed by atoms with van der Waals surface area (Å²) in [6, 6.07) is 0.814. The van der Waals surface area contributed by atoms with E-state index in [1.165, 1.54) is 71.1 Å². The van der Waals surface area contributed by atoms with Crippen molar-refractivity contribution >= 4 is 0 Å². The number of nitrogens with zero attached hydrogens (tertiary/aromatic N) is 1. The molecule has 2 heteroatoms. The van der Waals surface area contributed by atoms with Gasteiger partial charge in [-0.25, -0.2) is 0 Å². The zero-order chi connectivity index (χ0) is 11.2. The van der Waals surface area contributed by atoms with Gasteiger partial charge in [-0.15, -0.1) is 0 Å². The van der Waals surface area contributed by atoms with E-state index in [0.29, 0.717) is 0 Å². The predicted molar refractivity (Wildman–Crippen MR) is 69.7 cm³/mol. The van der Waals surface area contributed by atoms with Gasteiger partial charge < -0.3 is 10.2 Å². The van der Waals surface area contributed by atoms with Crippen molar-refractivity contribution in [3.05, 3.63) is 0 Å². The number of likely N-dealkylation sites (tertiary alicyclic amines) is 1. The Morgan fingerprint density at radius 1 is 1.06 bits per heavy atom. The first-order valence-corrected chi connectivity index (χ1v) is 7.30. The first-order chi connectivity index (χ1) is 7.84. The molecule has 2 aliphatic rings. The van der Waals surface area contributed by atoms with Crippen molar-refractivity contribution in [3.8, 4) is 0 Å². The van der Waals surface area contributed by atoms with Gasteiger partial charge in [0.2, 0.25) is 0 Å². The molecule has 0 aromatic heterocycles. The predicted octanol–water partition coefficient (Wildman–Crippen LogP) is 2.64. The first kappa shape index (κ1) is 12.4. The van der Waals surface area contributed by atoms with Gasteiger partial charge in [-0.3, -0.25) is 0 Å². The molecule has 0 aliphatic carbocycles. The third-order valence-electron chi connectivity index (χ3n) is 4.32. The molecule has 0 saturated carbocycles. The van der Waals surface area contributed by atoms with Crippen molar-refractivity contribution in [3.63, 3.8) is 0 Å². The quantitative estimate of drug-likeness (QED) is 0.793. The van der Waals surface area contributed by atoms with Crippen LogP contribution in [-0.4, -0.2) is 37.1 Å². The molecule has 2 nitrogen and oxygen atoms in total. The lowest BCUT2D eigenvalue weighted by Crippen LogP contribution is -2.37. The topological polar surface area (TPSA) is 15.3 Å². The highest BCUT2D eigenvalue weighted by molar-refractivity contribution is 4.75. The maximum Gasteiger partial charge on any atom is 0.00792 e. The molecule has 16 heavy (non-hydrogen) atoms. The maximum atomic E-state index is 3.66. The highest BCUT2D eigenvalue weighted by Crippen LogP contribution is 2.17. The summed E-state index contributed by atoms with van der Waals surface area (Å²) in [6.07, 6.45) is 9.88. The minimum Gasteiger partial charge on any atom is -0.314 e. The second-order valence-corrected chi connectivity index (χ2v) is 5.81. The van der Waals surface area contributed by atoms with Crippen molar-refractivity contribution in [2.24, 2.45) is 5.92 Å². The fraction of sp³-hybridized carbons (Fsp3) is 1.00. The van der Waals surface area contributed by atoms with Gasteiger partial charge in [0.15, 0.2) is 0 Å². The number of piperidine rings is 1. The van der Waals surface area contributed by atoms with E-state index in [9.17, 15) is 0 Å². The molecule has 2 unspecified atom stereocenters. The normalized spacial score (nSPS) is 33.6. The third kappa shape index (κ3) is 4.06. The smallest absolute Gasteiger partial charge is 0.00792 e. The molecule has 2 aliphatic heterocycles. The average Bonchev–Trinajstić information content (AvgIpc) is 2.53. The first-order valence-electron chi connectivity index (χ1n) is 7.30. The Balaban J connectivity index is 1.64. The molecule has 0 amide bonds. The van der Waals surface area contributed by atoms with E-state index in [2.05, 4.69) is 17.1 Å². The lowest BCUT2D eigenvalue weighted by atomic mass is 10.0. The Labute approximate surface area is 101 Å². The number of hydrogen-bond donors (Lipinski definition) is 1. The van der Waals surface area contributed by atoms with Crippen LogP contribution in [0.1, 0.15) is 51.9 Å². The summed E-state index contributed by atoms with van der Waals surface area (Å²) < 4.78 is 0.